The van der Waals surface area contributed by atoms with Crippen molar-refractivity contribution in [3.8, 4) is 5.69 Å². The Balaban J connectivity index is 2.04. The molecule has 3 aromatic rings. The summed E-state index contributed by atoms with van der Waals surface area (Å²) in [6, 6.07) is 15.4. The van der Waals surface area contributed by atoms with E-state index in [-0.39, 0.29) is 29.2 Å². The number of carbonyl (C=O) groups excluding carboxylic acids is 1. The number of benzene rings is 2. The number of rotatable bonds is 8. The number of carbonyl (C=O) groups is 1. The molecule has 1 N–H and O–H groups in total. The van der Waals surface area contributed by atoms with Gasteiger partial charge < -0.3 is 5.32 Å². The number of nitrogens with zero attached hydrogens (tertiary/aromatic N) is 2. The SMILES string of the molecule is CCC[C@@H](C)NC(=O)CSc1nc2ccccc2c(=O)n1-c1ccccc1C(C)C. The Bertz CT molecular complexity index is 1090. The fraction of sp³-hybridized carbons (Fsp3) is 0.375. The van der Waals surface area contributed by atoms with Crippen LogP contribution in [0.3, 0.4) is 0 Å². The first-order chi connectivity index (χ1) is 14.4. The molecule has 3 rings (SSSR count). The molecule has 1 atom stereocenters. The van der Waals surface area contributed by atoms with Gasteiger partial charge >= 0.3 is 0 Å². The van der Waals surface area contributed by atoms with Crippen LogP contribution in [-0.4, -0.2) is 27.3 Å². The lowest BCUT2D eigenvalue weighted by Gasteiger charge is -2.18. The molecule has 0 bridgehead atoms. The molecule has 0 fully saturated rings. The third-order valence-electron chi connectivity index (χ3n) is 5.01. The average molecular weight is 424 g/mol. The van der Waals surface area contributed by atoms with Crippen molar-refractivity contribution in [1.29, 1.82) is 0 Å². The third-order valence-corrected chi connectivity index (χ3v) is 5.94. The molecule has 0 aliphatic rings. The predicted molar refractivity (Wildman–Crippen MR) is 125 cm³/mol. The van der Waals surface area contributed by atoms with Gasteiger partial charge in [-0.25, -0.2) is 4.98 Å². The third kappa shape index (κ3) is 4.93. The topological polar surface area (TPSA) is 64.0 Å². The largest absolute Gasteiger partial charge is 0.353 e. The van der Waals surface area contributed by atoms with Gasteiger partial charge in [0.1, 0.15) is 0 Å². The number of amides is 1. The summed E-state index contributed by atoms with van der Waals surface area (Å²) in [6.07, 6.45) is 1.96. The lowest BCUT2D eigenvalue weighted by molar-refractivity contribution is -0.119. The number of hydrogen-bond donors (Lipinski definition) is 1. The van der Waals surface area contributed by atoms with Crippen LogP contribution >= 0.6 is 11.8 Å². The molecule has 1 amide bonds. The summed E-state index contributed by atoms with van der Waals surface area (Å²) in [7, 11) is 0. The van der Waals surface area contributed by atoms with Crippen molar-refractivity contribution in [2.75, 3.05) is 5.75 Å². The molecule has 1 aromatic heterocycles. The van der Waals surface area contributed by atoms with Gasteiger partial charge in [-0.05, 0) is 43.0 Å². The average Bonchev–Trinajstić information content (AvgIpc) is 2.72. The molecule has 0 saturated carbocycles. The standard InChI is InChI=1S/C24H29N3O2S/c1-5-10-17(4)25-22(28)15-30-24-26-20-13-8-6-12-19(20)23(29)27(24)21-14-9-7-11-18(21)16(2)3/h6-9,11-14,16-17H,5,10,15H2,1-4H3,(H,25,28)/t17-/m1/s1. The first kappa shape index (κ1) is 22.1. The highest BCUT2D eigenvalue weighted by Crippen LogP contribution is 2.27. The Labute approximate surface area is 181 Å². The normalized spacial score (nSPS) is 12.3. The van der Waals surface area contributed by atoms with Crippen LogP contribution in [0.15, 0.2) is 58.5 Å². The van der Waals surface area contributed by atoms with Crippen LogP contribution in [0, 0.1) is 0 Å². The maximum absolute atomic E-state index is 13.4. The second kappa shape index (κ2) is 9.94. The van der Waals surface area contributed by atoms with Crippen LogP contribution in [-0.2, 0) is 4.79 Å². The summed E-state index contributed by atoms with van der Waals surface area (Å²) in [5.74, 6) is 0.408. The van der Waals surface area contributed by atoms with Crippen molar-refractivity contribution < 1.29 is 4.79 Å². The lowest BCUT2D eigenvalue weighted by Crippen LogP contribution is -2.34. The highest BCUT2D eigenvalue weighted by atomic mass is 32.2. The minimum Gasteiger partial charge on any atom is -0.353 e. The lowest BCUT2D eigenvalue weighted by atomic mass is 10.0. The van der Waals surface area contributed by atoms with Gasteiger partial charge in [-0.1, -0.05) is 69.3 Å². The van der Waals surface area contributed by atoms with E-state index in [0.29, 0.717) is 16.1 Å². The van der Waals surface area contributed by atoms with Crippen molar-refractivity contribution >= 4 is 28.6 Å². The van der Waals surface area contributed by atoms with E-state index in [0.717, 1.165) is 24.1 Å². The molecular formula is C24H29N3O2S. The monoisotopic (exact) mass is 423 g/mol. The van der Waals surface area contributed by atoms with Gasteiger partial charge in [0.25, 0.3) is 5.56 Å². The highest BCUT2D eigenvalue weighted by Gasteiger charge is 2.18. The van der Waals surface area contributed by atoms with Crippen LogP contribution in [0.2, 0.25) is 0 Å². The zero-order valence-electron chi connectivity index (χ0n) is 18.0. The van der Waals surface area contributed by atoms with Crippen LogP contribution in [0.1, 0.15) is 52.0 Å². The van der Waals surface area contributed by atoms with Gasteiger partial charge in [0.15, 0.2) is 5.16 Å². The van der Waals surface area contributed by atoms with Crippen molar-refractivity contribution in [2.45, 2.75) is 57.7 Å². The Morgan fingerprint density at radius 2 is 1.80 bits per heavy atom. The van der Waals surface area contributed by atoms with Gasteiger partial charge in [-0.2, -0.15) is 0 Å². The quantitative estimate of drug-likeness (QED) is 0.413. The van der Waals surface area contributed by atoms with Crippen LogP contribution < -0.4 is 10.9 Å². The maximum atomic E-state index is 13.4. The Kier molecular flexibility index (Phi) is 7.32. The molecule has 1 heterocycles. The summed E-state index contributed by atoms with van der Waals surface area (Å²) in [5, 5.41) is 4.12. The zero-order chi connectivity index (χ0) is 21.7. The zero-order valence-corrected chi connectivity index (χ0v) is 18.8. The molecule has 30 heavy (non-hydrogen) atoms. The molecule has 6 heteroatoms. The Hall–Kier alpha value is -2.60. The molecule has 0 aliphatic carbocycles. The van der Waals surface area contributed by atoms with Gasteiger partial charge in [0.05, 0.1) is 22.3 Å². The molecule has 0 radical (unpaired) electrons. The number of para-hydroxylation sites is 2. The summed E-state index contributed by atoms with van der Waals surface area (Å²) in [4.78, 5) is 30.6. The maximum Gasteiger partial charge on any atom is 0.266 e. The van der Waals surface area contributed by atoms with Crippen molar-refractivity contribution in [1.82, 2.24) is 14.9 Å². The first-order valence-corrected chi connectivity index (χ1v) is 11.4. The molecule has 0 unspecified atom stereocenters. The van der Waals surface area contributed by atoms with E-state index in [9.17, 15) is 9.59 Å². The minimum atomic E-state index is -0.115. The van der Waals surface area contributed by atoms with E-state index in [1.165, 1.54) is 11.8 Å². The predicted octanol–water partition coefficient (Wildman–Crippen LogP) is 4.91. The molecule has 0 aliphatic heterocycles. The van der Waals surface area contributed by atoms with Crippen LogP contribution in [0.4, 0.5) is 0 Å². The molecule has 158 valence electrons. The molecular weight excluding hydrogens is 394 g/mol. The van der Waals surface area contributed by atoms with Gasteiger partial charge in [0, 0.05) is 6.04 Å². The Morgan fingerprint density at radius 1 is 1.10 bits per heavy atom. The van der Waals surface area contributed by atoms with E-state index in [4.69, 9.17) is 4.98 Å². The van der Waals surface area contributed by atoms with Crippen molar-refractivity contribution in [3.05, 3.63) is 64.4 Å². The molecule has 0 spiro atoms. The molecule has 0 saturated heterocycles. The fourth-order valence-electron chi connectivity index (χ4n) is 3.55. The first-order valence-electron chi connectivity index (χ1n) is 10.5. The van der Waals surface area contributed by atoms with Gasteiger partial charge in [-0.15, -0.1) is 0 Å². The van der Waals surface area contributed by atoms with E-state index in [1.807, 2.05) is 49.4 Å². The summed E-state index contributed by atoms with van der Waals surface area (Å²) < 4.78 is 1.66. The second-order valence-electron chi connectivity index (χ2n) is 7.81. The van der Waals surface area contributed by atoms with Crippen molar-refractivity contribution in [2.24, 2.45) is 0 Å². The minimum absolute atomic E-state index is 0.0490. The number of aromatic nitrogens is 2. The van der Waals surface area contributed by atoms with Crippen LogP contribution in [0.5, 0.6) is 0 Å². The summed E-state index contributed by atoms with van der Waals surface area (Å²) in [5.41, 5.74) is 2.41. The molecule has 2 aromatic carbocycles. The number of hydrogen-bond acceptors (Lipinski definition) is 4. The highest BCUT2D eigenvalue weighted by molar-refractivity contribution is 7.99. The fourth-order valence-corrected chi connectivity index (χ4v) is 4.37. The number of nitrogens with one attached hydrogen (secondary N) is 1. The number of fused-ring (bicyclic) bond motifs is 1. The second-order valence-corrected chi connectivity index (χ2v) is 8.75. The van der Waals surface area contributed by atoms with Gasteiger partial charge in [-0.3, -0.25) is 14.2 Å². The van der Waals surface area contributed by atoms with E-state index >= 15 is 0 Å². The van der Waals surface area contributed by atoms with Gasteiger partial charge in [0.2, 0.25) is 5.91 Å². The summed E-state index contributed by atoms with van der Waals surface area (Å²) >= 11 is 1.30. The van der Waals surface area contributed by atoms with Crippen LogP contribution in [0.25, 0.3) is 16.6 Å². The molecule has 5 nitrogen and oxygen atoms in total. The van der Waals surface area contributed by atoms with Crippen molar-refractivity contribution in [3.63, 3.8) is 0 Å². The summed E-state index contributed by atoms with van der Waals surface area (Å²) in [6.45, 7) is 8.32. The Morgan fingerprint density at radius 3 is 2.53 bits per heavy atom. The van der Waals surface area contributed by atoms with E-state index in [1.54, 1.807) is 10.6 Å². The number of thioether (sulfide) groups is 1. The van der Waals surface area contributed by atoms with E-state index in [2.05, 4.69) is 26.1 Å². The smallest absolute Gasteiger partial charge is 0.266 e. The van der Waals surface area contributed by atoms with E-state index < -0.39 is 0 Å².